The van der Waals surface area contributed by atoms with Crippen LogP contribution < -0.4 is 5.32 Å². The molecule has 0 aliphatic rings. The number of hydrogen-bond donors (Lipinski definition) is 1. The summed E-state index contributed by atoms with van der Waals surface area (Å²) >= 11 is 6.18. The summed E-state index contributed by atoms with van der Waals surface area (Å²) in [6.45, 7) is 2.66. The molecule has 0 fully saturated rings. The molecule has 3 rings (SSSR count). The first kappa shape index (κ1) is 18.4. The fourth-order valence-corrected chi connectivity index (χ4v) is 2.39. The van der Waals surface area contributed by atoms with Crippen LogP contribution in [0, 0.1) is 0 Å². The highest BCUT2D eigenvalue weighted by Gasteiger charge is 2.13. The third-order valence-corrected chi connectivity index (χ3v) is 3.99. The maximum atomic E-state index is 6.18. The van der Waals surface area contributed by atoms with Gasteiger partial charge in [0.2, 0.25) is 0 Å². The molecule has 2 heterocycles. The van der Waals surface area contributed by atoms with Crippen LogP contribution in [0.5, 0.6) is 0 Å². The smallest absolute Gasteiger partial charge is 0.261 e. The first-order valence-corrected chi connectivity index (χ1v) is 7.79. The van der Waals surface area contributed by atoms with Gasteiger partial charge in [-0.3, -0.25) is 4.68 Å². The Morgan fingerprint density at radius 2 is 2.12 bits per heavy atom. The van der Waals surface area contributed by atoms with Crippen molar-refractivity contribution in [2.45, 2.75) is 25.9 Å². The van der Waals surface area contributed by atoms with E-state index in [-0.39, 0.29) is 12.4 Å². The molecule has 0 saturated heterocycles. The Balaban J connectivity index is 0.00000208. The number of hydrogen-bond acceptors (Lipinski definition) is 5. The zero-order chi connectivity index (χ0) is 16.2. The zero-order valence-electron chi connectivity index (χ0n) is 13.4. The lowest BCUT2D eigenvalue weighted by Crippen LogP contribution is -2.24. The Morgan fingerprint density at radius 1 is 1.33 bits per heavy atom. The second kappa shape index (κ2) is 8.28. The van der Waals surface area contributed by atoms with Gasteiger partial charge in [0.1, 0.15) is 0 Å². The minimum Gasteiger partial charge on any atom is -0.334 e. The Hall–Kier alpha value is -1.89. The average Bonchev–Trinajstić information content (AvgIpc) is 3.18. The number of nitrogens with zero attached hydrogens (tertiary/aromatic N) is 4. The molecule has 128 valence electrons. The van der Waals surface area contributed by atoms with Crippen LogP contribution in [0.2, 0.25) is 5.02 Å². The molecule has 1 N–H and O–H groups in total. The minimum atomic E-state index is 0. The van der Waals surface area contributed by atoms with Crippen molar-refractivity contribution in [2.75, 3.05) is 7.05 Å². The van der Waals surface area contributed by atoms with Gasteiger partial charge in [0.05, 0.1) is 18.3 Å². The lowest BCUT2D eigenvalue weighted by atomic mass is 10.2. The number of halogens is 2. The molecule has 0 bridgehead atoms. The zero-order valence-corrected chi connectivity index (χ0v) is 15.0. The van der Waals surface area contributed by atoms with Gasteiger partial charge < -0.3 is 9.84 Å². The molecule has 0 saturated carbocycles. The largest absolute Gasteiger partial charge is 0.334 e. The van der Waals surface area contributed by atoms with E-state index in [2.05, 4.69) is 27.5 Å². The van der Waals surface area contributed by atoms with Gasteiger partial charge in [-0.15, -0.1) is 12.4 Å². The molecule has 1 aromatic carbocycles. The summed E-state index contributed by atoms with van der Waals surface area (Å²) < 4.78 is 7.12. The van der Waals surface area contributed by atoms with Crippen LogP contribution in [0.3, 0.4) is 0 Å². The van der Waals surface area contributed by atoms with Gasteiger partial charge in [0, 0.05) is 23.7 Å². The van der Waals surface area contributed by atoms with Gasteiger partial charge in [-0.25, -0.2) is 0 Å². The monoisotopic (exact) mass is 367 g/mol. The molecule has 24 heavy (non-hydrogen) atoms. The van der Waals surface area contributed by atoms with E-state index in [4.69, 9.17) is 16.1 Å². The maximum Gasteiger partial charge on any atom is 0.261 e. The molecule has 8 heteroatoms. The van der Waals surface area contributed by atoms with Gasteiger partial charge >= 0.3 is 0 Å². The second-order valence-electron chi connectivity index (χ2n) is 5.43. The molecule has 2 aromatic heterocycles. The highest BCUT2D eigenvalue weighted by molar-refractivity contribution is 6.31. The van der Waals surface area contributed by atoms with Gasteiger partial charge in [-0.2, -0.15) is 10.1 Å². The molecule has 0 aliphatic heterocycles. The second-order valence-corrected chi connectivity index (χ2v) is 5.83. The van der Waals surface area contributed by atoms with Crippen LogP contribution in [-0.2, 0) is 13.0 Å². The summed E-state index contributed by atoms with van der Waals surface area (Å²) in [7, 11) is 1.91. The summed E-state index contributed by atoms with van der Waals surface area (Å²) in [5.41, 5.74) is 1.81. The Morgan fingerprint density at radius 3 is 2.88 bits per heavy atom. The van der Waals surface area contributed by atoms with Crippen molar-refractivity contribution in [1.29, 1.82) is 0 Å². The third-order valence-electron chi connectivity index (χ3n) is 3.62. The molecule has 1 atom stereocenters. The summed E-state index contributed by atoms with van der Waals surface area (Å²) in [5.74, 6) is 1.16. The van der Waals surface area contributed by atoms with E-state index in [0.717, 1.165) is 16.1 Å². The van der Waals surface area contributed by atoms with Gasteiger partial charge in [-0.05, 0) is 25.6 Å². The van der Waals surface area contributed by atoms with Crippen LogP contribution in [0.1, 0.15) is 18.3 Å². The Kier molecular flexibility index (Phi) is 6.36. The van der Waals surface area contributed by atoms with Crippen molar-refractivity contribution in [3.8, 4) is 11.5 Å². The standard InChI is InChI=1S/C16H18ClN5O.ClH/c1-11(18-2)7-15-20-16(23-21-15)13-8-19-22(10-13)9-12-5-3-4-6-14(12)17;/h3-6,8,10-11,18H,7,9H2,1-2H3;1H. The summed E-state index contributed by atoms with van der Waals surface area (Å²) in [6, 6.07) is 8.01. The quantitative estimate of drug-likeness (QED) is 0.724. The van der Waals surface area contributed by atoms with Crippen LogP contribution in [0.25, 0.3) is 11.5 Å². The lowest BCUT2D eigenvalue weighted by Gasteiger charge is -2.04. The molecule has 3 aromatic rings. The summed E-state index contributed by atoms with van der Waals surface area (Å²) in [4.78, 5) is 4.41. The van der Waals surface area contributed by atoms with E-state index in [1.54, 1.807) is 10.9 Å². The first-order chi connectivity index (χ1) is 11.2. The summed E-state index contributed by atoms with van der Waals surface area (Å²) in [6.07, 6.45) is 4.31. The number of likely N-dealkylation sites (N-methyl/N-ethyl adjacent to an activating group) is 1. The maximum absolute atomic E-state index is 6.18. The molecule has 0 amide bonds. The molecule has 0 radical (unpaired) electrons. The molecule has 6 nitrogen and oxygen atoms in total. The lowest BCUT2D eigenvalue weighted by molar-refractivity contribution is 0.418. The van der Waals surface area contributed by atoms with E-state index >= 15 is 0 Å². The predicted molar refractivity (Wildman–Crippen MR) is 95.5 cm³/mol. The molecule has 1 unspecified atom stereocenters. The highest BCUT2D eigenvalue weighted by atomic mass is 35.5. The minimum absolute atomic E-state index is 0. The number of nitrogens with one attached hydrogen (secondary N) is 1. The van der Waals surface area contributed by atoms with Gasteiger partial charge in [0.15, 0.2) is 5.82 Å². The molecular formula is C16H19Cl2N5O. The highest BCUT2D eigenvalue weighted by Crippen LogP contribution is 2.19. The van der Waals surface area contributed by atoms with Crippen molar-refractivity contribution in [1.82, 2.24) is 25.2 Å². The van der Waals surface area contributed by atoms with Crippen molar-refractivity contribution in [3.63, 3.8) is 0 Å². The fraction of sp³-hybridized carbons (Fsp3) is 0.312. The third kappa shape index (κ3) is 4.35. The Bertz CT molecular complexity index is 786. The normalized spacial score (nSPS) is 12.0. The van der Waals surface area contributed by atoms with Crippen LogP contribution in [0.4, 0.5) is 0 Å². The topological polar surface area (TPSA) is 68.8 Å². The van der Waals surface area contributed by atoms with E-state index in [0.29, 0.717) is 30.7 Å². The van der Waals surface area contributed by atoms with Crippen molar-refractivity contribution >= 4 is 24.0 Å². The first-order valence-electron chi connectivity index (χ1n) is 7.42. The van der Waals surface area contributed by atoms with E-state index in [1.807, 2.05) is 37.5 Å². The van der Waals surface area contributed by atoms with Crippen LogP contribution >= 0.6 is 24.0 Å². The fourth-order valence-electron chi connectivity index (χ4n) is 2.19. The van der Waals surface area contributed by atoms with Crippen LogP contribution in [0.15, 0.2) is 41.2 Å². The predicted octanol–water partition coefficient (Wildman–Crippen LogP) is 3.21. The molecular weight excluding hydrogens is 349 g/mol. The Labute approximate surface area is 151 Å². The van der Waals surface area contributed by atoms with Crippen molar-refractivity contribution < 1.29 is 4.52 Å². The summed E-state index contributed by atoms with van der Waals surface area (Å²) in [5, 5.41) is 12.2. The van der Waals surface area contributed by atoms with E-state index in [1.165, 1.54) is 0 Å². The average molecular weight is 368 g/mol. The van der Waals surface area contributed by atoms with E-state index in [9.17, 15) is 0 Å². The molecule has 0 aliphatic carbocycles. The van der Waals surface area contributed by atoms with Crippen LogP contribution in [-0.4, -0.2) is 33.0 Å². The number of aromatic nitrogens is 4. The SMILES string of the molecule is CNC(C)Cc1noc(-c2cnn(Cc3ccccc3Cl)c2)n1.Cl. The number of rotatable bonds is 6. The van der Waals surface area contributed by atoms with Gasteiger partial charge in [0.25, 0.3) is 5.89 Å². The van der Waals surface area contributed by atoms with Gasteiger partial charge in [-0.1, -0.05) is 35.0 Å². The number of benzene rings is 1. The van der Waals surface area contributed by atoms with E-state index < -0.39 is 0 Å². The van der Waals surface area contributed by atoms with Crippen molar-refractivity contribution in [3.05, 3.63) is 53.1 Å². The van der Waals surface area contributed by atoms with Crippen molar-refractivity contribution in [2.24, 2.45) is 0 Å². The molecule has 0 spiro atoms.